The van der Waals surface area contributed by atoms with Gasteiger partial charge in [-0.15, -0.1) is 0 Å². The third kappa shape index (κ3) is 5.23. The molecule has 0 aliphatic carbocycles. The summed E-state index contributed by atoms with van der Waals surface area (Å²) in [5.41, 5.74) is 0. The maximum Gasteiger partial charge on any atom is 0.287 e. The van der Waals surface area contributed by atoms with E-state index in [1.165, 1.54) is 0 Å². The van der Waals surface area contributed by atoms with E-state index >= 15 is 0 Å². The molecular weight excluding hydrogens is 352 g/mol. The number of rotatable bonds is 8. The summed E-state index contributed by atoms with van der Waals surface area (Å²) in [6.45, 7) is 1.17. The number of nitrogens with one attached hydrogen (secondary N) is 1. The number of unbranched alkanes of at least 4 members (excludes halogenated alkanes) is 2. The Labute approximate surface area is 126 Å². The number of carbonyl (C=O) groups excluding carboxylic acids is 1. The zero-order chi connectivity index (χ0) is 15.2. The Kier molecular flexibility index (Phi) is 6.66. The van der Waals surface area contributed by atoms with E-state index < -0.39 is 15.9 Å². The van der Waals surface area contributed by atoms with Gasteiger partial charge in [0.05, 0.1) is 0 Å². The summed E-state index contributed by atoms with van der Waals surface area (Å²) in [6.07, 6.45) is 2.66. The summed E-state index contributed by atoms with van der Waals surface area (Å²) in [5, 5.41) is 7.62. The largest absolute Gasteiger partial charge is 0.443 e. The SMILES string of the molecule is COCCCCCNC(=O)c1cc(S(N)(=O)=O)c(Br)o1. The lowest BCUT2D eigenvalue weighted by Gasteiger charge is -2.02. The molecule has 0 saturated carbocycles. The number of primary sulfonamides is 1. The van der Waals surface area contributed by atoms with Gasteiger partial charge in [0.2, 0.25) is 10.0 Å². The maximum absolute atomic E-state index is 11.7. The zero-order valence-corrected chi connectivity index (χ0v) is 13.4. The zero-order valence-electron chi connectivity index (χ0n) is 11.0. The summed E-state index contributed by atoms with van der Waals surface area (Å²) < 4.78 is 32.2. The van der Waals surface area contributed by atoms with Gasteiger partial charge in [0.1, 0.15) is 4.90 Å². The lowest BCUT2D eigenvalue weighted by Crippen LogP contribution is -2.24. The molecule has 0 atom stereocenters. The van der Waals surface area contributed by atoms with Gasteiger partial charge in [-0.25, -0.2) is 13.6 Å². The first-order valence-corrected chi connectivity index (χ1v) is 8.29. The van der Waals surface area contributed by atoms with E-state index in [2.05, 4.69) is 21.2 Å². The van der Waals surface area contributed by atoms with Crippen LogP contribution in [0.15, 0.2) is 20.0 Å². The first-order chi connectivity index (χ1) is 9.36. The summed E-state index contributed by atoms with van der Waals surface area (Å²) in [5.74, 6) is -0.579. The summed E-state index contributed by atoms with van der Waals surface area (Å²) in [6, 6.07) is 1.10. The quantitative estimate of drug-likeness (QED) is 0.670. The Bertz CT molecular complexity index is 555. The Hall–Kier alpha value is -0.900. The molecule has 1 amide bonds. The van der Waals surface area contributed by atoms with Crippen molar-refractivity contribution < 1.29 is 22.4 Å². The van der Waals surface area contributed by atoms with Gasteiger partial charge in [-0.1, -0.05) is 0 Å². The minimum Gasteiger partial charge on any atom is -0.443 e. The van der Waals surface area contributed by atoms with Gasteiger partial charge >= 0.3 is 0 Å². The molecule has 0 aliphatic rings. The molecule has 114 valence electrons. The van der Waals surface area contributed by atoms with Crippen molar-refractivity contribution in [2.45, 2.75) is 24.2 Å². The monoisotopic (exact) mass is 368 g/mol. The molecule has 1 heterocycles. The topological polar surface area (TPSA) is 112 Å². The summed E-state index contributed by atoms with van der Waals surface area (Å²) in [7, 11) is -2.28. The smallest absolute Gasteiger partial charge is 0.287 e. The van der Waals surface area contributed by atoms with Crippen LogP contribution < -0.4 is 10.5 Å². The molecule has 0 fully saturated rings. The fourth-order valence-electron chi connectivity index (χ4n) is 1.50. The fourth-order valence-corrected chi connectivity index (χ4v) is 3.00. The van der Waals surface area contributed by atoms with Crippen LogP contribution >= 0.6 is 15.9 Å². The van der Waals surface area contributed by atoms with Crippen molar-refractivity contribution in [3.63, 3.8) is 0 Å². The Morgan fingerprint density at radius 2 is 2.15 bits per heavy atom. The second-order valence-corrected chi connectivity index (χ2v) is 6.35. The average Bonchev–Trinajstić information content (AvgIpc) is 2.75. The fraction of sp³-hybridized carbons (Fsp3) is 0.545. The first kappa shape index (κ1) is 17.2. The minimum atomic E-state index is -3.92. The van der Waals surface area contributed by atoms with Gasteiger partial charge in [0.15, 0.2) is 10.4 Å². The number of hydrogen-bond acceptors (Lipinski definition) is 5. The molecule has 0 aromatic carbocycles. The van der Waals surface area contributed by atoms with Crippen molar-refractivity contribution in [1.82, 2.24) is 5.32 Å². The van der Waals surface area contributed by atoms with Crippen LogP contribution in [0.2, 0.25) is 0 Å². The lowest BCUT2D eigenvalue weighted by atomic mass is 10.2. The number of nitrogens with two attached hydrogens (primary N) is 1. The Morgan fingerprint density at radius 3 is 2.70 bits per heavy atom. The van der Waals surface area contributed by atoms with E-state index in [0.29, 0.717) is 13.2 Å². The van der Waals surface area contributed by atoms with Crippen molar-refractivity contribution >= 4 is 31.9 Å². The van der Waals surface area contributed by atoms with E-state index in [9.17, 15) is 13.2 Å². The van der Waals surface area contributed by atoms with Gasteiger partial charge in [0, 0.05) is 26.3 Å². The predicted octanol–water partition coefficient (Wildman–Crippen LogP) is 1.24. The van der Waals surface area contributed by atoms with Crippen LogP contribution in [0.4, 0.5) is 0 Å². The van der Waals surface area contributed by atoms with Crippen LogP contribution in [0, 0.1) is 0 Å². The number of carbonyl (C=O) groups is 1. The molecule has 0 saturated heterocycles. The standard InChI is InChI=1S/C11H17BrN2O5S/c1-18-6-4-2-3-5-14-11(15)8-7-9(10(12)19-8)20(13,16)17/h7H,2-6H2,1H3,(H,14,15)(H2,13,16,17). The van der Waals surface area contributed by atoms with E-state index in [4.69, 9.17) is 14.3 Å². The van der Waals surface area contributed by atoms with Gasteiger partial charge < -0.3 is 14.5 Å². The number of halogens is 1. The molecule has 0 bridgehead atoms. The van der Waals surface area contributed by atoms with Crippen LogP contribution in [-0.2, 0) is 14.8 Å². The van der Waals surface area contributed by atoms with Crippen molar-refractivity contribution in [1.29, 1.82) is 0 Å². The molecule has 1 aromatic rings. The van der Waals surface area contributed by atoms with Gasteiger partial charge in [0.25, 0.3) is 5.91 Å². The predicted molar refractivity (Wildman–Crippen MR) is 75.8 cm³/mol. The average molecular weight is 369 g/mol. The first-order valence-electron chi connectivity index (χ1n) is 5.95. The Balaban J connectivity index is 2.49. The van der Waals surface area contributed by atoms with E-state index in [-0.39, 0.29) is 15.3 Å². The van der Waals surface area contributed by atoms with E-state index in [0.717, 1.165) is 25.3 Å². The van der Waals surface area contributed by atoms with Crippen molar-refractivity contribution in [2.24, 2.45) is 5.14 Å². The number of hydrogen-bond donors (Lipinski definition) is 2. The molecular formula is C11H17BrN2O5S. The molecule has 0 aliphatic heterocycles. The lowest BCUT2D eigenvalue weighted by molar-refractivity contribution is 0.0923. The molecule has 7 nitrogen and oxygen atoms in total. The molecule has 3 N–H and O–H groups in total. The highest BCUT2D eigenvalue weighted by Crippen LogP contribution is 2.24. The van der Waals surface area contributed by atoms with Gasteiger partial charge in [-0.3, -0.25) is 4.79 Å². The summed E-state index contributed by atoms with van der Waals surface area (Å²) in [4.78, 5) is 11.5. The number of sulfonamides is 1. The van der Waals surface area contributed by atoms with Gasteiger partial charge in [-0.05, 0) is 35.2 Å². The molecule has 20 heavy (non-hydrogen) atoms. The van der Waals surface area contributed by atoms with Crippen molar-refractivity contribution in [3.8, 4) is 0 Å². The van der Waals surface area contributed by atoms with Crippen LogP contribution in [-0.4, -0.2) is 34.6 Å². The van der Waals surface area contributed by atoms with Crippen molar-refractivity contribution in [2.75, 3.05) is 20.3 Å². The minimum absolute atomic E-state index is 0.0785. The molecule has 0 unspecified atom stereocenters. The number of methoxy groups -OCH3 is 1. The number of furan rings is 1. The normalized spacial score (nSPS) is 11.6. The molecule has 1 rings (SSSR count). The Morgan fingerprint density at radius 1 is 1.45 bits per heavy atom. The summed E-state index contributed by atoms with van der Waals surface area (Å²) >= 11 is 2.91. The number of amides is 1. The number of ether oxygens (including phenoxy) is 1. The molecule has 0 spiro atoms. The van der Waals surface area contributed by atoms with E-state index in [1.54, 1.807) is 7.11 Å². The highest BCUT2D eigenvalue weighted by atomic mass is 79.9. The van der Waals surface area contributed by atoms with Crippen LogP contribution in [0.5, 0.6) is 0 Å². The molecule has 1 aromatic heterocycles. The van der Waals surface area contributed by atoms with Crippen LogP contribution in [0.1, 0.15) is 29.8 Å². The van der Waals surface area contributed by atoms with E-state index in [1.807, 2.05) is 0 Å². The highest BCUT2D eigenvalue weighted by molar-refractivity contribution is 9.10. The third-order valence-electron chi connectivity index (χ3n) is 2.50. The van der Waals surface area contributed by atoms with Gasteiger partial charge in [-0.2, -0.15) is 0 Å². The second kappa shape index (κ2) is 7.77. The second-order valence-electron chi connectivity index (χ2n) is 4.10. The third-order valence-corrected chi connectivity index (χ3v) is 4.26. The highest BCUT2D eigenvalue weighted by Gasteiger charge is 2.21. The molecule has 9 heteroatoms. The maximum atomic E-state index is 11.7. The molecule has 0 radical (unpaired) electrons. The van der Waals surface area contributed by atoms with Crippen molar-refractivity contribution in [3.05, 3.63) is 16.5 Å². The van der Waals surface area contributed by atoms with Crippen LogP contribution in [0.3, 0.4) is 0 Å². The van der Waals surface area contributed by atoms with Crippen LogP contribution in [0.25, 0.3) is 0 Å².